The van der Waals surface area contributed by atoms with Crippen molar-refractivity contribution in [1.29, 1.82) is 0 Å². The maximum atomic E-state index is 14.7. The lowest BCUT2D eigenvalue weighted by molar-refractivity contribution is -0.123. The number of rotatable bonds is 6. The number of nitrogens with one attached hydrogen (secondary N) is 1. The summed E-state index contributed by atoms with van der Waals surface area (Å²) in [7, 11) is 0. The Balaban J connectivity index is 1.38. The second-order valence-corrected chi connectivity index (χ2v) is 10.3. The molecule has 0 saturated carbocycles. The number of hydrogen-bond donors (Lipinski definition) is 2. The van der Waals surface area contributed by atoms with E-state index in [0.717, 1.165) is 10.4 Å². The smallest absolute Gasteiger partial charge is 0.254 e. The molecule has 1 aromatic heterocycles. The minimum Gasteiger partial charge on any atom is -0.386 e. The van der Waals surface area contributed by atoms with Crippen molar-refractivity contribution in [3.8, 4) is 10.4 Å². The van der Waals surface area contributed by atoms with Gasteiger partial charge in [-0.15, -0.1) is 11.3 Å². The van der Waals surface area contributed by atoms with E-state index in [-0.39, 0.29) is 11.6 Å². The van der Waals surface area contributed by atoms with Gasteiger partial charge in [-0.25, -0.2) is 14.3 Å². The van der Waals surface area contributed by atoms with Crippen LogP contribution in [0, 0.1) is 11.7 Å². The highest BCUT2D eigenvalue weighted by Gasteiger charge is 2.54. The van der Waals surface area contributed by atoms with E-state index in [1.165, 1.54) is 27.3 Å². The normalized spacial score (nSPS) is 21.9. The average Bonchev–Trinajstić information content (AvgIpc) is 3.54. The zero-order valence-corrected chi connectivity index (χ0v) is 21.0. The first-order valence-corrected chi connectivity index (χ1v) is 13.1. The fraction of sp³-hybridized carbons (Fsp3) is 0.133. The van der Waals surface area contributed by atoms with Crippen LogP contribution in [-0.4, -0.2) is 34.0 Å². The van der Waals surface area contributed by atoms with E-state index in [0.29, 0.717) is 10.6 Å². The quantitative estimate of drug-likeness (QED) is 0.260. The van der Waals surface area contributed by atoms with Crippen LogP contribution in [-0.2, 0) is 9.59 Å². The van der Waals surface area contributed by atoms with Gasteiger partial charge in [0.25, 0.3) is 5.91 Å². The predicted molar refractivity (Wildman–Crippen MR) is 146 cm³/mol. The summed E-state index contributed by atoms with van der Waals surface area (Å²) in [6.07, 6.45) is 2.37. The number of anilines is 2. The van der Waals surface area contributed by atoms with Gasteiger partial charge >= 0.3 is 0 Å². The van der Waals surface area contributed by atoms with E-state index < -0.39 is 35.8 Å². The second-order valence-electron chi connectivity index (χ2n) is 9.21. The number of aliphatic hydroxyl groups excluding tert-OH is 1. The number of carbonyl (C=O) groups excluding carboxylic acids is 2. The molecule has 2 aliphatic heterocycles. The molecule has 8 heteroatoms. The molecule has 6 nitrogen and oxygen atoms in total. The Labute approximate surface area is 223 Å². The van der Waals surface area contributed by atoms with Crippen molar-refractivity contribution in [3.05, 3.63) is 120 Å². The van der Waals surface area contributed by atoms with Gasteiger partial charge in [0.2, 0.25) is 5.91 Å². The molecule has 0 bridgehead atoms. The van der Waals surface area contributed by atoms with Crippen molar-refractivity contribution in [1.82, 2.24) is 5.01 Å². The minimum absolute atomic E-state index is 0.147. The third-order valence-corrected chi connectivity index (χ3v) is 8.10. The van der Waals surface area contributed by atoms with Crippen LogP contribution in [0.4, 0.5) is 15.8 Å². The summed E-state index contributed by atoms with van der Waals surface area (Å²) in [5, 5.41) is 13.1. The fourth-order valence-corrected chi connectivity index (χ4v) is 6.07. The number of nitrogens with zero attached hydrogens (tertiary/aromatic N) is 2. The van der Waals surface area contributed by atoms with Crippen molar-refractivity contribution < 1.29 is 19.1 Å². The Bertz CT molecular complexity index is 1510. The average molecular weight is 526 g/mol. The molecule has 0 aliphatic carbocycles. The van der Waals surface area contributed by atoms with Crippen LogP contribution in [0.1, 0.15) is 11.0 Å². The van der Waals surface area contributed by atoms with Gasteiger partial charge in [0.05, 0.1) is 23.3 Å². The molecule has 2 aliphatic rings. The summed E-state index contributed by atoms with van der Waals surface area (Å²) >= 11 is 1.45. The minimum atomic E-state index is -1.04. The van der Waals surface area contributed by atoms with Crippen molar-refractivity contribution >= 4 is 34.5 Å². The number of hydrazine groups is 1. The van der Waals surface area contributed by atoms with Crippen LogP contribution in [0.25, 0.3) is 10.4 Å². The van der Waals surface area contributed by atoms with Gasteiger partial charge in [0.1, 0.15) is 18.0 Å². The third kappa shape index (κ3) is 4.22. The molecular formula is C30H24FN3O3S. The summed E-state index contributed by atoms with van der Waals surface area (Å²) in [6.45, 7) is 0. The Morgan fingerprint density at radius 1 is 0.816 bits per heavy atom. The summed E-state index contributed by atoms with van der Waals surface area (Å²) in [6, 6.07) is 26.8. The van der Waals surface area contributed by atoms with Crippen molar-refractivity contribution in [2.24, 2.45) is 5.92 Å². The summed E-state index contributed by atoms with van der Waals surface area (Å²) in [5.41, 5.74) is 4.69. The molecule has 190 valence electrons. The first-order chi connectivity index (χ1) is 18.5. The number of amides is 2. The molecule has 38 heavy (non-hydrogen) atoms. The zero-order valence-electron chi connectivity index (χ0n) is 20.1. The summed E-state index contributed by atoms with van der Waals surface area (Å²) in [4.78, 5) is 30.0. The molecule has 1 saturated heterocycles. The number of thiophene rings is 1. The molecule has 2 N–H and O–H groups in total. The standard InChI is InChI=1S/C30H24FN3O3S/c31-22-13-7-8-14-23(22)32-34-24(28(35)26-18-17-25(38-26)19-9-3-1-4-10-19)16-15-21-27(34)30(37)33(29(21)36)20-11-5-2-6-12-20/h1-18,21,24,27-28,32,35H. The Hall–Kier alpha value is -4.11. The number of benzene rings is 3. The number of imide groups is 1. The van der Waals surface area contributed by atoms with Gasteiger partial charge in [-0.05, 0) is 42.0 Å². The predicted octanol–water partition coefficient (Wildman–Crippen LogP) is 5.41. The highest BCUT2D eigenvalue weighted by molar-refractivity contribution is 7.15. The highest BCUT2D eigenvalue weighted by Crippen LogP contribution is 2.40. The van der Waals surface area contributed by atoms with Gasteiger partial charge in [-0.3, -0.25) is 9.59 Å². The number of hydrogen-bond acceptors (Lipinski definition) is 6. The van der Waals surface area contributed by atoms with E-state index >= 15 is 0 Å². The van der Waals surface area contributed by atoms with E-state index in [1.54, 1.807) is 54.6 Å². The molecule has 4 aromatic rings. The maximum Gasteiger partial charge on any atom is 0.254 e. The molecular weight excluding hydrogens is 501 g/mol. The van der Waals surface area contributed by atoms with Crippen molar-refractivity contribution in [2.75, 3.05) is 10.3 Å². The van der Waals surface area contributed by atoms with Gasteiger partial charge in [-0.2, -0.15) is 0 Å². The highest BCUT2D eigenvalue weighted by atomic mass is 32.1. The first-order valence-electron chi connectivity index (χ1n) is 12.3. The van der Waals surface area contributed by atoms with Crippen LogP contribution in [0.3, 0.4) is 0 Å². The molecule has 3 heterocycles. The molecule has 1 fully saturated rings. The molecule has 6 rings (SSSR count). The summed E-state index contributed by atoms with van der Waals surface area (Å²) < 4.78 is 14.7. The Morgan fingerprint density at radius 3 is 2.24 bits per heavy atom. The Kier molecular flexibility index (Phi) is 6.37. The summed E-state index contributed by atoms with van der Waals surface area (Å²) in [5.74, 6) is -2.09. The van der Waals surface area contributed by atoms with Gasteiger partial charge < -0.3 is 10.5 Å². The number of para-hydroxylation sites is 2. The lowest BCUT2D eigenvalue weighted by Crippen LogP contribution is -2.55. The lowest BCUT2D eigenvalue weighted by Gasteiger charge is -2.40. The molecule has 4 atom stereocenters. The SMILES string of the molecule is O=C1C2C=CC(C(O)c3ccc(-c4ccccc4)s3)N(Nc3ccccc3F)C2C(=O)N1c1ccccc1. The molecule has 3 aromatic carbocycles. The molecule has 0 spiro atoms. The number of fused-ring (bicyclic) bond motifs is 1. The van der Waals surface area contributed by atoms with E-state index in [2.05, 4.69) is 5.43 Å². The van der Waals surface area contributed by atoms with Crippen molar-refractivity contribution in [3.63, 3.8) is 0 Å². The fourth-order valence-electron chi connectivity index (χ4n) is 5.03. The topological polar surface area (TPSA) is 72.9 Å². The molecule has 4 unspecified atom stereocenters. The number of carbonyl (C=O) groups is 2. The largest absolute Gasteiger partial charge is 0.386 e. The zero-order chi connectivity index (χ0) is 26.2. The molecule has 0 radical (unpaired) electrons. The van der Waals surface area contributed by atoms with Crippen LogP contribution >= 0.6 is 11.3 Å². The van der Waals surface area contributed by atoms with E-state index in [1.807, 2.05) is 48.5 Å². The molecule has 2 amide bonds. The number of halogens is 1. The van der Waals surface area contributed by atoms with Gasteiger partial charge in [0, 0.05) is 9.75 Å². The van der Waals surface area contributed by atoms with Gasteiger partial charge in [-0.1, -0.05) is 72.8 Å². The van der Waals surface area contributed by atoms with Crippen LogP contribution in [0.2, 0.25) is 0 Å². The first kappa shape index (κ1) is 24.2. The maximum absolute atomic E-state index is 14.7. The van der Waals surface area contributed by atoms with Crippen LogP contribution in [0.5, 0.6) is 0 Å². The van der Waals surface area contributed by atoms with E-state index in [4.69, 9.17) is 0 Å². The monoisotopic (exact) mass is 525 g/mol. The van der Waals surface area contributed by atoms with E-state index in [9.17, 15) is 19.1 Å². The van der Waals surface area contributed by atoms with Crippen molar-refractivity contribution in [2.45, 2.75) is 18.2 Å². The van der Waals surface area contributed by atoms with Crippen LogP contribution < -0.4 is 10.3 Å². The number of aliphatic hydroxyl groups is 1. The van der Waals surface area contributed by atoms with Gasteiger partial charge in [0.15, 0.2) is 0 Å². The third-order valence-electron chi connectivity index (χ3n) is 6.89. The van der Waals surface area contributed by atoms with Crippen LogP contribution in [0.15, 0.2) is 109 Å². The Morgan fingerprint density at radius 2 is 1.50 bits per heavy atom. The lowest BCUT2D eigenvalue weighted by atomic mass is 9.92. The second kappa shape index (κ2) is 9.98.